The van der Waals surface area contributed by atoms with Gasteiger partial charge in [-0.3, -0.25) is 4.57 Å². The summed E-state index contributed by atoms with van der Waals surface area (Å²) in [6.07, 6.45) is 0. The van der Waals surface area contributed by atoms with Crippen LogP contribution in [0.2, 0.25) is 0 Å². The van der Waals surface area contributed by atoms with E-state index in [4.69, 9.17) is 29.9 Å². The molecule has 0 aliphatic rings. The Labute approximate surface area is 107 Å². The summed E-state index contributed by atoms with van der Waals surface area (Å²) >= 11 is 0. The SMILES string of the molecule is CC(N)P(=O)(O)O.O=[P+](O)O.[SnH4].[Tc]. The van der Waals surface area contributed by atoms with Crippen LogP contribution in [0, 0.1) is 0 Å². The summed E-state index contributed by atoms with van der Waals surface area (Å²) in [6.45, 7) is 1.26. The topological polar surface area (TPSA) is 141 Å². The van der Waals surface area contributed by atoms with Gasteiger partial charge in [0, 0.05) is 24.7 Å². The van der Waals surface area contributed by atoms with E-state index in [2.05, 4.69) is 0 Å². The van der Waals surface area contributed by atoms with Crippen LogP contribution < -0.4 is 5.73 Å². The summed E-state index contributed by atoms with van der Waals surface area (Å²) < 4.78 is 18.6. The third kappa shape index (κ3) is 31.7. The van der Waals surface area contributed by atoms with Gasteiger partial charge in [0.15, 0.2) is 0 Å². The zero-order valence-electron chi connectivity index (χ0n) is 6.03. The molecule has 0 spiro atoms. The van der Waals surface area contributed by atoms with Gasteiger partial charge in [0.1, 0.15) is 5.78 Å². The van der Waals surface area contributed by atoms with Gasteiger partial charge in [0.05, 0.1) is 0 Å². The molecule has 0 saturated heterocycles. The first-order valence-corrected chi connectivity index (χ1v) is 5.18. The summed E-state index contributed by atoms with van der Waals surface area (Å²) in [6, 6.07) is 0. The maximum atomic E-state index is 9.90. The van der Waals surface area contributed by atoms with Crippen LogP contribution in [0.4, 0.5) is 0 Å². The third-order valence-electron chi connectivity index (χ3n) is 0.531. The Bertz CT molecular complexity index is 168. The average Bonchev–Trinajstić information content (AvgIpc) is 1.59. The van der Waals surface area contributed by atoms with E-state index in [9.17, 15) is 4.57 Å². The van der Waals surface area contributed by atoms with Crippen molar-refractivity contribution in [3.8, 4) is 0 Å². The van der Waals surface area contributed by atoms with Crippen LogP contribution >= 0.6 is 15.9 Å². The van der Waals surface area contributed by atoms with Gasteiger partial charge in [-0.15, -0.1) is 9.79 Å². The van der Waals surface area contributed by atoms with E-state index in [0.29, 0.717) is 0 Å². The first-order chi connectivity index (χ1) is 4.68. The van der Waals surface area contributed by atoms with Gasteiger partial charge in [-0.1, -0.05) is 0 Å². The molecule has 0 heterocycles. The Morgan fingerprint density at radius 2 is 1.46 bits per heavy atom. The fraction of sp³-hybridized carbons (Fsp3) is 1.00. The van der Waals surface area contributed by atoms with Gasteiger partial charge >= 0.3 is 39.8 Å². The maximum Gasteiger partial charge on any atom is 0 e. The van der Waals surface area contributed by atoms with Crippen LogP contribution in [-0.2, 0) is 29.2 Å². The quantitative estimate of drug-likeness (QED) is 0.233. The molecule has 0 aliphatic carbocycles. The molecule has 83 valence electrons. The zero-order valence-corrected chi connectivity index (χ0v) is 9.68. The van der Waals surface area contributed by atoms with E-state index < -0.39 is 21.6 Å². The van der Waals surface area contributed by atoms with Crippen LogP contribution in [0.5, 0.6) is 0 Å². The first-order valence-electron chi connectivity index (χ1n) is 2.33. The summed E-state index contributed by atoms with van der Waals surface area (Å²) in [5.41, 5.74) is 4.81. The predicted octanol–water partition coefficient (Wildman–Crippen LogP) is -2.36. The van der Waals surface area contributed by atoms with Gasteiger partial charge < -0.3 is 15.5 Å². The Morgan fingerprint density at radius 3 is 1.46 bits per heavy atom. The fourth-order valence-corrected chi connectivity index (χ4v) is 0. The minimum Gasteiger partial charge on any atom is 0 e. The molecular formula is C2H14NO6P2SnTc+. The molecule has 0 saturated carbocycles. The third-order valence-corrected chi connectivity index (χ3v) is 1.59. The Kier molecular flexibility index (Phi) is 21.5. The molecule has 0 bridgehead atoms. The summed E-state index contributed by atoms with van der Waals surface area (Å²) in [4.78, 5) is 30.4. The minimum atomic E-state index is -3.96. The largest absolute Gasteiger partial charge is 0 e. The molecule has 0 aromatic heterocycles. The zero-order chi connectivity index (χ0) is 9.65. The number of hydrogen-bond donors (Lipinski definition) is 5. The van der Waals surface area contributed by atoms with Crippen molar-refractivity contribution in [2.75, 3.05) is 0 Å². The Balaban J connectivity index is -0.0000000600. The second-order valence-corrected chi connectivity index (χ2v) is 4.08. The van der Waals surface area contributed by atoms with Crippen LogP contribution in [0.15, 0.2) is 0 Å². The van der Waals surface area contributed by atoms with Crippen molar-refractivity contribution < 1.29 is 48.8 Å². The van der Waals surface area contributed by atoms with E-state index in [1.807, 2.05) is 0 Å². The van der Waals surface area contributed by atoms with Crippen molar-refractivity contribution >= 4 is 39.8 Å². The molecule has 0 amide bonds. The molecule has 0 aliphatic heterocycles. The average molecular weight is 427 g/mol. The number of hydrogen-bond acceptors (Lipinski definition) is 3. The first kappa shape index (κ1) is 24.0. The molecule has 0 fully saturated rings. The molecule has 13 heavy (non-hydrogen) atoms. The molecule has 7 nitrogen and oxygen atoms in total. The number of rotatable bonds is 1. The predicted molar refractivity (Wildman–Crippen MR) is 49.1 cm³/mol. The van der Waals surface area contributed by atoms with E-state index in [-0.39, 0.29) is 44.0 Å². The van der Waals surface area contributed by atoms with Crippen LogP contribution in [-0.4, -0.2) is 49.3 Å². The van der Waals surface area contributed by atoms with Crippen LogP contribution in [0.25, 0.3) is 0 Å². The van der Waals surface area contributed by atoms with Gasteiger partial charge in [-0.2, -0.15) is 0 Å². The van der Waals surface area contributed by atoms with Crippen molar-refractivity contribution in [3.63, 3.8) is 0 Å². The van der Waals surface area contributed by atoms with E-state index in [1.165, 1.54) is 6.92 Å². The normalized spacial score (nSPS) is 10.9. The molecule has 1 atom stereocenters. The van der Waals surface area contributed by atoms with E-state index in [1.54, 1.807) is 0 Å². The monoisotopic (exact) mass is 427 g/mol. The van der Waals surface area contributed by atoms with Crippen molar-refractivity contribution in [3.05, 3.63) is 0 Å². The minimum absolute atomic E-state index is 0. The van der Waals surface area contributed by atoms with E-state index >= 15 is 0 Å². The van der Waals surface area contributed by atoms with Crippen molar-refractivity contribution in [2.24, 2.45) is 5.73 Å². The van der Waals surface area contributed by atoms with Crippen LogP contribution in [0.3, 0.4) is 0 Å². The standard InChI is InChI=1S/C2H8NO3P.HO3P.Sn.Tc.4H/c1-2(3)7(4,5)6;1-4(2)3;;;;;;/h2H,3H2,1H3,(H2,4,5,6);(H-,1,2,3);;;;;;/p+1. The van der Waals surface area contributed by atoms with Gasteiger partial charge in [-0.05, 0) is 6.92 Å². The molecule has 1 radical (unpaired) electrons. The molecule has 11 heteroatoms. The van der Waals surface area contributed by atoms with Gasteiger partial charge in [-0.25, -0.2) is 0 Å². The smallest absolute Gasteiger partial charge is 0 e. The molecule has 0 aromatic carbocycles. The summed E-state index contributed by atoms with van der Waals surface area (Å²) in [5.74, 6) is -1.03. The number of nitrogens with two attached hydrogens (primary N) is 1. The molecular weight excluding hydrogens is 413 g/mol. The maximum absolute atomic E-state index is 9.90. The molecule has 0 rings (SSSR count). The molecule has 1 unspecified atom stereocenters. The van der Waals surface area contributed by atoms with E-state index in [0.717, 1.165) is 0 Å². The summed E-state index contributed by atoms with van der Waals surface area (Å²) in [7, 11) is -6.83. The second kappa shape index (κ2) is 11.7. The molecule has 6 N–H and O–H groups in total. The van der Waals surface area contributed by atoms with Crippen molar-refractivity contribution in [1.82, 2.24) is 0 Å². The van der Waals surface area contributed by atoms with Crippen molar-refractivity contribution in [1.29, 1.82) is 0 Å². The summed E-state index contributed by atoms with van der Waals surface area (Å²) in [5, 5.41) is 0. The van der Waals surface area contributed by atoms with Gasteiger partial charge in [0.25, 0.3) is 0 Å². The Morgan fingerprint density at radius 1 is 1.38 bits per heavy atom. The Hall–Kier alpha value is 1.58. The van der Waals surface area contributed by atoms with Gasteiger partial charge in [0.2, 0.25) is 0 Å². The van der Waals surface area contributed by atoms with Crippen molar-refractivity contribution in [2.45, 2.75) is 12.7 Å². The molecule has 0 aromatic rings. The second-order valence-electron chi connectivity index (χ2n) is 1.58. The fourth-order valence-electron chi connectivity index (χ4n) is 0. The van der Waals surface area contributed by atoms with Crippen LogP contribution in [0.1, 0.15) is 6.92 Å².